The lowest BCUT2D eigenvalue weighted by atomic mass is 10.1. The quantitative estimate of drug-likeness (QED) is 0.642. The number of hydrazine groups is 1. The molecular formula is C13H18F2N6. The number of amidine groups is 1. The number of nitrogens with two attached hydrogens (primary N) is 2. The van der Waals surface area contributed by atoms with Gasteiger partial charge in [0.1, 0.15) is 17.5 Å². The van der Waals surface area contributed by atoms with Gasteiger partial charge in [0.25, 0.3) is 0 Å². The smallest absolute Gasteiger partial charge is 0.217 e. The Labute approximate surface area is 121 Å². The highest BCUT2D eigenvalue weighted by molar-refractivity contribution is 5.96. The van der Waals surface area contributed by atoms with E-state index in [-0.39, 0.29) is 23.8 Å². The number of aliphatic imine (C=N–C) groups is 2. The van der Waals surface area contributed by atoms with E-state index in [0.717, 1.165) is 12.1 Å². The highest BCUT2D eigenvalue weighted by Gasteiger charge is 2.21. The third-order valence-corrected chi connectivity index (χ3v) is 3.10. The number of anilines is 1. The van der Waals surface area contributed by atoms with Crippen LogP contribution in [0.25, 0.3) is 0 Å². The average Bonchev–Trinajstić information content (AvgIpc) is 2.37. The van der Waals surface area contributed by atoms with Gasteiger partial charge in [0, 0.05) is 38.3 Å². The fourth-order valence-corrected chi connectivity index (χ4v) is 2.07. The van der Waals surface area contributed by atoms with Crippen molar-refractivity contribution in [1.29, 1.82) is 0 Å². The Balaban J connectivity index is 2.32. The lowest BCUT2D eigenvalue weighted by Gasteiger charge is -2.33. The Morgan fingerprint density at radius 3 is 2.33 bits per heavy atom. The Bertz CT molecular complexity index is 573. The molecule has 21 heavy (non-hydrogen) atoms. The summed E-state index contributed by atoms with van der Waals surface area (Å²) < 4.78 is 27.9. The van der Waals surface area contributed by atoms with E-state index in [2.05, 4.69) is 9.98 Å². The highest BCUT2D eigenvalue weighted by atomic mass is 19.1. The molecule has 1 aromatic rings. The molecule has 4 N–H and O–H groups in total. The molecule has 0 radical (unpaired) electrons. The van der Waals surface area contributed by atoms with E-state index in [4.69, 9.17) is 11.5 Å². The van der Waals surface area contributed by atoms with Crippen molar-refractivity contribution >= 4 is 17.5 Å². The first kappa shape index (κ1) is 15.2. The summed E-state index contributed by atoms with van der Waals surface area (Å²) in [6, 6.07) is 2.20. The maximum atomic E-state index is 13.9. The van der Waals surface area contributed by atoms with Crippen LogP contribution in [0.15, 0.2) is 22.1 Å². The molecule has 114 valence electrons. The molecule has 0 fully saturated rings. The van der Waals surface area contributed by atoms with Gasteiger partial charge in [-0.3, -0.25) is 10.0 Å². The van der Waals surface area contributed by atoms with Crippen LogP contribution >= 0.6 is 0 Å². The van der Waals surface area contributed by atoms with Crippen molar-refractivity contribution in [3.05, 3.63) is 29.3 Å². The second-order valence-corrected chi connectivity index (χ2v) is 4.89. The van der Waals surface area contributed by atoms with E-state index in [1.807, 2.05) is 0 Å². The summed E-state index contributed by atoms with van der Waals surface area (Å²) in [6.45, 7) is 0.499. The molecule has 0 saturated heterocycles. The number of nitrogens with zero attached hydrogens (tertiary/aromatic N) is 4. The normalized spacial score (nSPS) is 14.9. The minimum absolute atomic E-state index is 0.00292. The first-order valence-electron chi connectivity index (χ1n) is 6.44. The zero-order chi connectivity index (χ0) is 15.6. The number of hydrogen-bond donors (Lipinski definition) is 2. The van der Waals surface area contributed by atoms with Crippen molar-refractivity contribution in [2.24, 2.45) is 15.7 Å². The molecule has 0 amide bonds. The van der Waals surface area contributed by atoms with Gasteiger partial charge < -0.3 is 11.5 Å². The predicted octanol–water partition coefficient (Wildman–Crippen LogP) is 0.943. The van der Waals surface area contributed by atoms with Gasteiger partial charge in [-0.05, 0) is 12.1 Å². The molecule has 0 bridgehead atoms. The summed E-state index contributed by atoms with van der Waals surface area (Å²) in [5.74, 6) is -0.584. The standard InChI is InChI=1S/C13H18F2N6/c1-20(2)21(12-3-4-18-13(17)19-12)7-9-10(14)5-8(16)6-11(9)15/h5-6H,3-4,7,16H2,1-2H3,(H2,17,18). The summed E-state index contributed by atoms with van der Waals surface area (Å²) in [7, 11) is 3.52. The largest absolute Gasteiger partial charge is 0.399 e. The third kappa shape index (κ3) is 3.46. The summed E-state index contributed by atoms with van der Waals surface area (Å²) in [5, 5.41) is 3.35. The summed E-state index contributed by atoms with van der Waals surface area (Å²) in [6.07, 6.45) is 0.553. The molecule has 0 atom stereocenters. The van der Waals surface area contributed by atoms with Crippen molar-refractivity contribution in [2.45, 2.75) is 13.0 Å². The van der Waals surface area contributed by atoms with Gasteiger partial charge in [-0.25, -0.2) is 13.8 Å². The molecule has 1 aromatic carbocycles. The molecule has 2 rings (SSSR count). The van der Waals surface area contributed by atoms with E-state index in [1.54, 1.807) is 24.1 Å². The van der Waals surface area contributed by atoms with Crippen molar-refractivity contribution in [3.63, 3.8) is 0 Å². The third-order valence-electron chi connectivity index (χ3n) is 3.10. The topological polar surface area (TPSA) is 83.2 Å². The van der Waals surface area contributed by atoms with Gasteiger partial charge in [-0.15, -0.1) is 0 Å². The van der Waals surface area contributed by atoms with Crippen LogP contribution in [0.1, 0.15) is 12.0 Å². The molecule has 6 nitrogen and oxygen atoms in total. The van der Waals surface area contributed by atoms with Crippen molar-refractivity contribution < 1.29 is 8.78 Å². The van der Waals surface area contributed by atoms with Crippen LogP contribution in [0.4, 0.5) is 14.5 Å². The number of guanidine groups is 1. The SMILES string of the molecule is CN(C)N(Cc1c(F)cc(N)cc1F)C1=NC(N)=NCC1. The van der Waals surface area contributed by atoms with E-state index in [0.29, 0.717) is 18.8 Å². The van der Waals surface area contributed by atoms with Crippen LogP contribution in [-0.2, 0) is 6.54 Å². The number of hydrogen-bond acceptors (Lipinski definition) is 6. The molecule has 1 aliphatic rings. The van der Waals surface area contributed by atoms with Crippen molar-refractivity contribution in [2.75, 3.05) is 26.4 Å². The Kier molecular flexibility index (Phi) is 4.37. The molecule has 1 heterocycles. The van der Waals surface area contributed by atoms with Crippen LogP contribution in [-0.4, -0.2) is 42.5 Å². The first-order valence-corrected chi connectivity index (χ1v) is 6.44. The van der Waals surface area contributed by atoms with E-state index in [1.165, 1.54) is 0 Å². The molecule has 0 spiro atoms. The fraction of sp³-hybridized carbons (Fsp3) is 0.385. The van der Waals surface area contributed by atoms with Crippen LogP contribution in [0, 0.1) is 11.6 Å². The minimum Gasteiger partial charge on any atom is -0.399 e. The van der Waals surface area contributed by atoms with Crippen LogP contribution in [0.5, 0.6) is 0 Å². The first-order chi connectivity index (χ1) is 9.88. The van der Waals surface area contributed by atoms with Crippen LogP contribution in [0.3, 0.4) is 0 Å². The second kappa shape index (κ2) is 6.04. The Hall–Kier alpha value is -2.22. The monoisotopic (exact) mass is 296 g/mol. The van der Waals surface area contributed by atoms with Crippen molar-refractivity contribution in [3.8, 4) is 0 Å². The maximum absolute atomic E-state index is 13.9. The lowest BCUT2D eigenvalue weighted by molar-refractivity contribution is 0.0965. The summed E-state index contributed by atoms with van der Waals surface area (Å²) in [4.78, 5) is 8.11. The maximum Gasteiger partial charge on any atom is 0.217 e. The van der Waals surface area contributed by atoms with Crippen LogP contribution < -0.4 is 11.5 Å². The van der Waals surface area contributed by atoms with Gasteiger partial charge in [0.15, 0.2) is 0 Å². The fourth-order valence-electron chi connectivity index (χ4n) is 2.07. The number of nitrogen functional groups attached to an aromatic ring is 1. The number of rotatable bonds is 3. The van der Waals surface area contributed by atoms with Crippen molar-refractivity contribution in [1.82, 2.24) is 10.0 Å². The summed E-state index contributed by atoms with van der Waals surface area (Å²) in [5.41, 5.74) is 11.0. The zero-order valence-corrected chi connectivity index (χ0v) is 12.0. The summed E-state index contributed by atoms with van der Waals surface area (Å²) >= 11 is 0. The molecule has 8 heteroatoms. The number of halogens is 2. The predicted molar refractivity (Wildman–Crippen MR) is 78.5 cm³/mol. The van der Waals surface area contributed by atoms with E-state index in [9.17, 15) is 8.78 Å². The van der Waals surface area contributed by atoms with Crippen LogP contribution in [0.2, 0.25) is 0 Å². The molecule has 0 saturated carbocycles. The van der Waals surface area contributed by atoms with Gasteiger partial charge in [-0.2, -0.15) is 4.99 Å². The average molecular weight is 296 g/mol. The molecule has 1 aliphatic heterocycles. The van der Waals surface area contributed by atoms with Gasteiger partial charge in [0.2, 0.25) is 5.96 Å². The molecular weight excluding hydrogens is 278 g/mol. The number of benzene rings is 1. The lowest BCUT2D eigenvalue weighted by Crippen LogP contribution is -2.43. The van der Waals surface area contributed by atoms with Gasteiger partial charge in [0.05, 0.1) is 6.54 Å². The second-order valence-electron chi connectivity index (χ2n) is 4.89. The highest BCUT2D eigenvalue weighted by Crippen LogP contribution is 2.20. The molecule has 0 unspecified atom stereocenters. The van der Waals surface area contributed by atoms with Gasteiger partial charge in [-0.1, -0.05) is 0 Å². The zero-order valence-electron chi connectivity index (χ0n) is 12.0. The van der Waals surface area contributed by atoms with E-state index < -0.39 is 11.6 Å². The minimum atomic E-state index is -0.683. The molecule has 0 aromatic heterocycles. The van der Waals surface area contributed by atoms with E-state index >= 15 is 0 Å². The van der Waals surface area contributed by atoms with Gasteiger partial charge >= 0.3 is 0 Å². The Morgan fingerprint density at radius 2 is 1.81 bits per heavy atom. The molecule has 0 aliphatic carbocycles. The Morgan fingerprint density at radius 1 is 1.19 bits per heavy atom.